The van der Waals surface area contributed by atoms with E-state index in [1.807, 2.05) is 53.8 Å². The third kappa shape index (κ3) is 3.88. The van der Waals surface area contributed by atoms with Gasteiger partial charge in [-0.15, -0.1) is 10.2 Å². The molecule has 0 saturated carbocycles. The molecule has 7 nitrogen and oxygen atoms in total. The number of amides is 1. The summed E-state index contributed by atoms with van der Waals surface area (Å²) in [4.78, 5) is 25.9. The second-order valence-corrected chi connectivity index (χ2v) is 8.73. The van der Waals surface area contributed by atoms with Crippen LogP contribution in [0.4, 0.5) is 5.69 Å². The Balaban J connectivity index is 1.58. The van der Waals surface area contributed by atoms with Gasteiger partial charge in [0.25, 0.3) is 5.56 Å². The highest BCUT2D eigenvalue weighted by molar-refractivity contribution is 7.99. The van der Waals surface area contributed by atoms with Crippen LogP contribution in [0.25, 0.3) is 22.4 Å². The third-order valence-electron chi connectivity index (χ3n) is 5.23. The molecule has 5 aromatic rings. The molecule has 5 rings (SSSR count). The number of nitrogens with zero attached hydrogens (tertiary/aromatic N) is 4. The summed E-state index contributed by atoms with van der Waals surface area (Å²) in [5.41, 5.74) is 2.73. The summed E-state index contributed by atoms with van der Waals surface area (Å²) in [6.45, 7) is 1.94. The van der Waals surface area contributed by atoms with Crippen molar-refractivity contribution in [3.8, 4) is 5.69 Å². The van der Waals surface area contributed by atoms with E-state index in [4.69, 9.17) is 11.6 Å². The molecule has 0 bridgehead atoms. The highest BCUT2D eigenvalue weighted by atomic mass is 35.5. The summed E-state index contributed by atoms with van der Waals surface area (Å²) >= 11 is 7.37. The fraction of sp³-hybridized carbons (Fsp3) is 0.0833. The van der Waals surface area contributed by atoms with E-state index in [2.05, 4.69) is 15.5 Å². The molecule has 1 amide bonds. The van der Waals surface area contributed by atoms with Crippen LogP contribution in [0.5, 0.6) is 0 Å². The Morgan fingerprint density at radius 2 is 1.73 bits per heavy atom. The molecule has 33 heavy (non-hydrogen) atoms. The van der Waals surface area contributed by atoms with Crippen molar-refractivity contribution >= 4 is 51.6 Å². The molecule has 0 spiro atoms. The number of carbonyl (C=O) groups is 1. The lowest BCUT2D eigenvalue weighted by Gasteiger charge is -2.13. The minimum absolute atomic E-state index is 0.101. The van der Waals surface area contributed by atoms with Crippen molar-refractivity contribution in [3.63, 3.8) is 0 Å². The van der Waals surface area contributed by atoms with E-state index in [0.717, 1.165) is 11.3 Å². The van der Waals surface area contributed by atoms with Gasteiger partial charge in [0, 0.05) is 0 Å². The van der Waals surface area contributed by atoms with E-state index in [1.54, 1.807) is 34.9 Å². The first-order valence-corrected chi connectivity index (χ1v) is 11.5. The Bertz CT molecular complexity index is 1580. The zero-order chi connectivity index (χ0) is 22.9. The van der Waals surface area contributed by atoms with Gasteiger partial charge >= 0.3 is 0 Å². The molecule has 1 N–H and O–H groups in total. The van der Waals surface area contributed by atoms with Crippen molar-refractivity contribution in [2.45, 2.75) is 12.1 Å². The molecular weight excluding hydrogens is 458 g/mol. The number of carbonyl (C=O) groups excluding carboxylic acids is 1. The summed E-state index contributed by atoms with van der Waals surface area (Å²) < 4.78 is 3.38. The molecule has 2 heterocycles. The number of thioether (sulfide) groups is 1. The maximum absolute atomic E-state index is 13.4. The standard InChI is InChI=1S/C24H18ClN5O2S/c1-15-8-2-6-12-19(15)29-22(32)16-9-3-7-13-20(16)30-23(29)27-28-24(30)33-14-21(31)26-18-11-5-4-10-17(18)25/h2-13H,14H2,1H3,(H,26,31). The normalized spacial score (nSPS) is 11.2. The van der Waals surface area contributed by atoms with Gasteiger partial charge in [0.05, 0.1) is 33.1 Å². The van der Waals surface area contributed by atoms with Crippen LogP contribution in [0.1, 0.15) is 5.56 Å². The van der Waals surface area contributed by atoms with Crippen LogP contribution < -0.4 is 10.9 Å². The molecule has 0 fully saturated rings. The summed E-state index contributed by atoms with van der Waals surface area (Å²) in [6, 6.07) is 22.0. The van der Waals surface area contributed by atoms with Crippen LogP contribution in [0.15, 0.2) is 82.7 Å². The molecule has 0 aliphatic rings. The number of para-hydroxylation sites is 3. The van der Waals surface area contributed by atoms with Crippen molar-refractivity contribution in [2.24, 2.45) is 0 Å². The van der Waals surface area contributed by atoms with Crippen molar-refractivity contribution in [3.05, 3.63) is 93.7 Å². The predicted molar refractivity (Wildman–Crippen MR) is 132 cm³/mol. The number of anilines is 1. The quantitative estimate of drug-likeness (QED) is 0.372. The molecule has 2 aromatic heterocycles. The molecule has 0 aliphatic carbocycles. The van der Waals surface area contributed by atoms with E-state index in [1.165, 1.54) is 11.8 Å². The first-order valence-electron chi connectivity index (χ1n) is 10.2. The number of rotatable bonds is 5. The lowest BCUT2D eigenvalue weighted by atomic mass is 10.2. The Labute approximate surface area is 198 Å². The first kappa shape index (κ1) is 21.2. The van der Waals surface area contributed by atoms with Gasteiger partial charge in [-0.1, -0.05) is 65.8 Å². The maximum atomic E-state index is 13.4. The van der Waals surface area contributed by atoms with Gasteiger partial charge in [-0.05, 0) is 42.8 Å². The number of aryl methyl sites for hydroxylation is 1. The second-order valence-electron chi connectivity index (χ2n) is 7.38. The van der Waals surface area contributed by atoms with Crippen molar-refractivity contribution in [1.29, 1.82) is 0 Å². The number of aromatic nitrogens is 4. The zero-order valence-corrected chi connectivity index (χ0v) is 19.1. The number of hydrogen-bond donors (Lipinski definition) is 1. The highest BCUT2D eigenvalue weighted by Gasteiger charge is 2.19. The Kier molecular flexibility index (Phi) is 5.62. The van der Waals surface area contributed by atoms with E-state index in [-0.39, 0.29) is 17.2 Å². The Hall–Kier alpha value is -3.62. The summed E-state index contributed by atoms with van der Waals surface area (Å²) in [5.74, 6) is 0.271. The van der Waals surface area contributed by atoms with Gasteiger partial charge in [-0.25, -0.2) is 4.57 Å². The van der Waals surface area contributed by atoms with E-state index in [0.29, 0.717) is 32.5 Å². The number of hydrogen-bond acceptors (Lipinski definition) is 5. The smallest absolute Gasteiger partial charge is 0.267 e. The van der Waals surface area contributed by atoms with Crippen LogP contribution >= 0.6 is 23.4 Å². The average Bonchev–Trinajstić information content (AvgIpc) is 3.24. The number of fused-ring (bicyclic) bond motifs is 3. The predicted octanol–water partition coefficient (Wildman–Crippen LogP) is 4.73. The SMILES string of the molecule is Cc1ccccc1-n1c(=O)c2ccccc2n2c(SCC(=O)Nc3ccccc3Cl)nnc12. The molecular formula is C24H18ClN5O2S. The fourth-order valence-electron chi connectivity index (χ4n) is 3.68. The topological polar surface area (TPSA) is 81.3 Å². The number of nitrogens with one attached hydrogen (secondary N) is 1. The van der Waals surface area contributed by atoms with Crippen molar-refractivity contribution in [2.75, 3.05) is 11.1 Å². The average molecular weight is 476 g/mol. The van der Waals surface area contributed by atoms with Crippen LogP contribution in [-0.4, -0.2) is 30.8 Å². The van der Waals surface area contributed by atoms with E-state index in [9.17, 15) is 9.59 Å². The third-order valence-corrected chi connectivity index (χ3v) is 6.49. The van der Waals surface area contributed by atoms with E-state index < -0.39 is 0 Å². The fourth-order valence-corrected chi connectivity index (χ4v) is 4.61. The van der Waals surface area contributed by atoms with Gasteiger partial charge in [0.1, 0.15) is 0 Å². The van der Waals surface area contributed by atoms with Gasteiger partial charge in [-0.2, -0.15) is 0 Å². The lowest BCUT2D eigenvalue weighted by Crippen LogP contribution is -2.22. The number of benzene rings is 3. The second kappa shape index (κ2) is 8.73. The maximum Gasteiger partial charge on any atom is 0.267 e. The molecule has 0 aliphatic heterocycles. The lowest BCUT2D eigenvalue weighted by molar-refractivity contribution is -0.113. The Morgan fingerprint density at radius 1 is 1.00 bits per heavy atom. The van der Waals surface area contributed by atoms with Crippen molar-refractivity contribution in [1.82, 2.24) is 19.2 Å². The molecule has 0 saturated heterocycles. The molecule has 0 radical (unpaired) electrons. The first-order chi connectivity index (χ1) is 16.0. The van der Waals surface area contributed by atoms with Crippen molar-refractivity contribution < 1.29 is 4.79 Å². The molecule has 9 heteroatoms. The zero-order valence-electron chi connectivity index (χ0n) is 17.5. The highest BCUT2D eigenvalue weighted by Crippen LogP contribution is 2.25. The molecule has 0 atom stereocenters. The van der Waals surface area contributed by atoms with Crippen LogP contribution in [-0.2, 0) is 4.79 Å². The summed E-state index contributed by atoms with van der Waals surface area (Å²) in [5, 5.41) is 13.0. The molecule has 3 aromatic carbocycles. The minimum atomic E-state index is -0.221. The van der Waals surface area contributed by atoms with Crippen LogP contribution in [0.2, 0.25) is 5.02 Å². The van der Waals surface area contributed by atoms with Gasteiger partial charge < -0.3 is 5.32 Å². The van der Waals surface area contributed by atoms with Crippen LogP contribution in [0.3, 0.4) is 0 Å². The van der Waals surface area contributed by atoms with E-state index >= 15 is 0 Å². The summed E-state index contributed by atoms with van der Waals surface area (Å²) in [7, 11) is 0. The van der Waals surface area contributed by atoms with Gasteiger partial charge in [0.15, 0.2) is 5.16 Å². The minimum Gasteiger partial charge on any atom is -0.324 e. The summed E-state index contributed by atoms with van der Waals surface area (Å²) in [6.07, 6.45) is 0. The van der Waals surface area contributed by atoms with Gasteiger partial charge in [0.2, 0.25) is 11.7 Å². The number of halogens is 1. The Morgan fingerprint density at radius 3 is 2.55 bits per heavy atom. The van der Waals surface area contributed by atoms with Gasteiger partial charge in [-0.3, -0.25) is 14.0 Å². The molecule has 0 unspecified atom stereocenters. The van der Waals surface area contributed by atoms with Crippen LogP contribution in [0, 0.1) is 6.92 Å². The monoisotopic (exact) mass is 475 g/mol. The largest absolute Gasteiger partial charge is 0.324 e. The molecule has 164 valence electrons.